The summed E-state index contributed by atoms with van der Waals surface area (Å²) in [6, 6.07) is 7.69. The SMILES string of the molecule is CNC(=O)[C@@H]1CN(C(=O)Cc2c[nH]c3ccccc23)CCN1C. The highest BCUT2D eigenvalue weighted by Gasteiger charge is 2.31. The fourth-order valence-corrected chi connectivity index (χ4v) is 3.10. The maximum absolute atomic E-state index is 12.6. The summed E-state index contributed by atoms with van der Waals surface area (Å²) in [7, 11) is 3.55. The summed E-state index contributed by atoms with van der Waals surface area (Å²) in [5.41, 5.74) is 2.04. The molecule has 1 aliphatic rings. The van der Waals surface area contributed by atoms with Crippen LogP contribution in [0.1, 0.15) is 5.56 Å². The molecule has 1 atom stereocenters. The van der Waals surface area contributed by atoms with Crippen LogP contribution in [0.15, 0.2) is 30.5 Å². The predicted octanol–water partition coefficient (Wildman–Crippen LogP) is 0.599. The van der Waals surface area contributed by atoms with Gasteiger partial charge in [0.2, 0.25) is 11.8 Å². The number of aromatic amines is 1. The van der Waals surface area contributed by atoms with Gasteiger partial charge in [-0.2, -0.15) is 0 Å². The van der Waals surface area contributed by atoms with Crippen LogP contribution in [0.25, 0.3) is 10.9 Å². The minimum atomic E-state index is -0.277. The first-order valence-corrected chi connectivity index (χ1v) is 7.84. The van der Waals surface area contributed by atoms with E-state index >= 15 is 0 Å². The zero-order valence-corrected chi connectivity index (χ0v) is 13.5. The minimum Gasteiger partial charge on any atom is -0.361 e. The van der Waals surface area contributed by atoms with Crippen molar-refractivity contribution >= 4 is 22.7 Å². The van der Waals surface area contributed by atoms with E-state index in [2.05, 4.69) is 10.3 Å². The standard InChI is InChI=1S/C17H22N4O2/c1-18-17(23)15-11-21(8-7-20(15)2)16(22)9-12-10-19-14-6-4-3-5-13(12)14/h3-6,10,15,19H,7-9,11H2,1-2H3,(H,18,23)/t15-/m0/s1. The van der Waals surface area contributed by atoms with Crippen LogP contribution in [0.4, 0.5) is 0 Å². The Morgan fingerprint density at radius 3 is 2.87 bits per heavy atom. The van der Waals surface area contributed by atoms with E-state index in [-0.39, 0.29) is 17.9 Å². The van der Waals surface area contributed by atoms with Gasteiger partial charge in [-0.15, -0.1) is 0 Å². The first-order valence-electron chi connectivity index (χ1n) is 7.84. The third-order valence-corrected chi connectivity index (χ3v) is 4.57. The Bertz CT molecular complexity index is 724. The Hall–Kier alpha value is -2.34. The van der Waals surface area contributed by atoms with E-state index in [1.54, 1.807) is 11.9 Å². The van der Waals surface area contributed by atoms with Crippen molar-refractivity contribution in [2.24, 2.45) is 0 Å². The normalized spacial score (nSPS) is 19.0. The van der Waals surface area contributed by atoms with Crippen molar-refractivity contribution in [2.45, 2.75) is 12.5 Å². The van der Waals surface area contributed by atoms with Gasteiger partial charge in [-0.05, 0) is 18.7 Å². The van der Waals surface area contributed by atoms with Gasteiger partial charge in [0, 0.05) is 43.8 Å². The van der Waals surface area contributed by atoms with E-state index < -0.39 is 0 Å². The van der Waals surface area contributed by atoms with Gasteiger partial charge in [0.15, 0.2) is 0 Å². The second kappa shape index (κ2) is 6.42. The van der Waals surface area contributed by atoms with Crippen molar-refractivity contribution in [1.29, 1.82) is 0 Å². The van der Waals surface area contributed by atoms with Gasteiger partial charge in [0.1, 0.15) is 6.04 Å². The molecule has 1 saturated heterocycles. The second-order valence-corrected chi connectivity index (χ2v) is 5.99. The third kappa shape index (κ3) is 3.07. The van der Waals surface area contributed by atoms with Crippen LogP contribution in [-0.2, 0) is 16.0 Å². The van der Waals surface area contributed by atoms with Crippen molar-refractivity contribution in [2.75, 3.05) is 33.7 Å². The number of amides is 2. The van der Waals surface area contributed by atoms with E-state index in [9.17, 15) is 9.59 Å². The van der Waals surface area contributed by atoms with Crippen LogP contribution in [0.3, 0.4) is 0 Å². The van der Waals surface area contributed by atoms with Crippen LogP contribution in [0, 0.1) is 0 Å². The first-order chi connectivity index (χ1) is 11.1. The molecule has 2 heterocycles. The molecule has 0 aliphatic carbocycles. The number of H-pyrrole nitrogens is 1. The van der Waals surface area contributed by atoms with Crippen LogP contribution in [-0.4, -0.2) is 66.4 Å². The predicted molar refractivity (Wildman–Crippen MR) is 89.1 cm³/mol. The Morgan fingerprint density at radius 2 is 2.09 bits per heavy atom. The summed E-state index contributed by atoms with van der Waals surface area (Å²) in [6.45, 7) is 1.81. The number of likely N-dealkylation sites (N-methyl/N-ethyl adjacent to an activating group) is 2. The van der Waals surface area contributed by atoms with Crippen molar-refractivity contribution in [3.63, 3.8) is 0 Å². The molecule has 0 bridgehead atoms. The van der Waals surface area contributed by atoms with E-state index in [4.69, 9.17) is 0 Å². The average Bonchev–Trinajstić information content (AvgIpc) is 2.97. The number of carbonyl (C=O) groups excluding carboxylic acids is 2. The number of aromatic nitrogens is 1. The van der Waals surface area contributed by atoms with E-state index in [1.807, 2.05) is 42.4 Å². The van der Waals surface area contributed by atoms with Crippen LogP contribution in [0.5, 0.6) is 0 Å². The Kier molecular flexibility index (Phi) is 4.34. The fourth-order valence-electron chi connectivity index (χ4n) is 3.10. The van der Waals surface area contributed by atoms with E-state index in [0.29, 0.717) is 26.1 Å². The molecule has 1 aliphatic heterocycles. The van der Waals surface area contributed by atoms with E-state index in [1.165, 1.54) is 0 Å². The van der Waals surface area contributed by atoms with Crippen LogP contribution in [0.2, 0.25) is 0 Å². The van der Waals surface area contributed by atoms with Crippen molar-refractivity contribution in [3.8, 4) is 0 Å². The highest BCUT2D eigenvalue weighted by atomic mass is 16.2. The quantitative estimate of drug-likeness (QED) is 0.872. The maximum atomic E-state index is 12.6. The molecule has 2 amide bonds. The van der Waals surface area contributed by atoms with Gasteiger partial charge in [-0.1, -0.05) is 18.2 Å². The zero-order chi connectivity index (χ0) is 16.4. The van der Waals surface area contributed by atoms with Gasteiger partial charge >= 0.3 is 0 Å². The molecule has 1 fully saturated rings. The minimum absolute atomic E-state index is 0.0444. The van der Waals surface area contributed by atoms with Crippen LogP contribution < -0.4 is 5.32 Å². The number of hydrogen-bond donors (Lipinski definition) is 2. The largest absolute Gasteiger partial charge is 0.361 e. The van der Waals surface area contributed by atoms with Crippen LogP contribution >= 0.6 is 0 Å². The number of benzene rings is 1. The summed E-state index contributed by atoms with van der Waals surface area (Å²) >= 11 is 0. The molecule has 122 valence electrons. The van der Waals surface area contributed by atoms with Gasteiger partial charge in [-0.3, -0.25) is 14.5 Å². The second-order valence-electron chi connectivity index (χ2n) is 5.99. The number of para-hydroxylation sites is 1. The molecule has 0 radical (unpaired) electrons. The Labute approximate surface area is 135 Å². The van der Waals surface area contributed by atoms with Crippen molar-refractivity contribution < 1.29 is 9.59 Å². The molecule has 23 heavy (non-hydrogen) atoms. The molecule has 6 nitrogen and oxygen atoms in total. The summed E-state index contributed by atoms with van der Waals surface area (Å²) in [5, 5.41) is 3.75. The highest BCUT2D eigenvalue weighted by molar-refractivity contribution is 5.89. The van der Waals surface area contributed by atoms with Gasteiger partial charge in [0.05, 0.1) is 6.42 Å². The maximum Gasteiger partial charge on any atom is 0.238 e. The summed E-state index contributed by atoms with van der Waals surface area (Å²) in [5.74, 6) is 0.0221. The molecule has 2 N–H and O–H groups in total. The van der Waals surface area contributed by atoms with Crippen molar-refractivity contribution in [3.05, 3.63) is 36.0 Å². The van der Waals surface area contributed by atoms with Gasteiger partial charge in [0.25, 0.3) is 0 Å². The lowest BCUT2D eigenvalue weighted by Crippen LogP contribution is -2.58. The average molecular weight is 314 g/mol. The molecule has 0 unspecified atom stereocenters. The number of carbonyl (C=O) groups is 2. The number of piperazine rings is 1. The van der Waals surface area contributed by atoms with E-state index in [0.717, 1.165) is 16.5 Å². The number of fused-ring (bicyclic) bond motifs is 1. The first kappa shape index (κ1) is 15.6. The molecule has 2 aromatic rings. The summed E-state index contributed by atoms with van der Waals surface area (Å²) in [4.78, 5) is 31.6. The number of rotatable bonds is 3. The highest BCUT2D eigenvalue weighted by Crippen LogP contribution is 2.19. The summed E-state index contributed by atoms with van der Waals surface area (Å²) in [6.07, 6.45) is 2.25. The molecule has 1 aromatic heterocycles. The smallest absolute Gasteiger partial charge is 0.238 e. The molecular formula is C17H22N4O2. The van der Waals surface area contributed by atoms with Crippen molar-refractivity contribution in [1.82, 2.24) is 20.1 Å². The molecule has 1 aromatic carbocycles. The third-order valence-electron chi connectivity index (χ3n) is 4.57. The fraction of sp³-hybridized carbons (Fsp3) is 0.412. The lowest BCUT2D eigenvalue weighted by Gasteiger charge is -2.38. The lowest BCUT2D eigenvalue weighted by molar-refractivity contribution is -0.136. The molecular weight excluding hydrogens is 292 g/mol. The molecule has 3 rings (SSSR count). The summed E-state index contributed by atoms with van der Waals surface area (Å²) < 4.78 is 0. The molecule has 0 saturated carbocycles. The number of nitrogens with one attached hydrogen (secondary N) is 2. The number of hydrogen-bond acceptors (Lipinski definition) is 3. The lowest BCUT2D eigenvalue weighted by atomic mass is 10.1. The topological polar surface area (TPSA) is 68.4 Å². The Balaban J connectivity index is 1.72. The molecule has 0 spiro atoms. The zero-order valence-electron chi connectivity index (χ0n) is 13.5. The van der Waals surface area contributed by atoms with Gasteiger partial charge < -0.3 is 15.2 Å². The monoisotopic (exact) mass is 314 g/mol. The molecule has 6 heteroatoms. The van der Waals surface area contributed by atoms with Gasteiger partial charge in [-0.25, -0.2) is 0 Å². The number of nitrogens with zero attached hydrogens (tertiary/aromatic N) is 2. The Morgan fingerprint density at radius 1 is 1.30 bits per heavy atom.